The number of aliphatic hydroxyl groups excluding tert-OH is 2. The van der Waals surface area contributed by atoms with Crippen LogP contribution in [0.15, 0.2) is 170 Å². The fraction of sp³-hybridized carbons (Fsp3) is 0.623. The lowest BCUT2D eigenvalue weighted by Gasteiger charge is -2.19. The Morgan fingerprint density at radius 1 is 0.309 bits per heavy atom. The first kappa shape index (κ1) is 76.8. The zero-order valence-electron chi connectivity index (χ0n) is 52.7. The summed E-state index contributed by atoms with van der Waals surface area (Å²) in [6.07, 6.45) is 113. The number of allylic oxidation sites excluding steroid dienone is 27. The van der Waals surface area contributed by atoms with Gasteiger partial charge in [-0.05, 0) is 122 Å². The molecule has 0 aromatic heterocycles. The van der Waals surface area contributed by atoms with Crippen molar-refractivity contribution in [3.63, 3.8) is 0 Å². The molecule has 0 aliphatic rings. The first-order chi connectivity index (χ1) is 40.2. The molecule has 0 saturated carbocycles. The number of rotatable bonds is 60. The van der Waals surface area contributed by atoms with Crippen LogP contribution < -0.4 is 5.32 Å². The van der Waals surface area contributed by atoms with Gasteiger partial charge in [-0.25, -0.2) is 0 Å². The molecule has 0 rings (SSSR count). The smallest absolute Gasteiger partial charge is 0.220 e. The summed E-state index contributed by atoms with van der Waals surface area (Å²) in [4.78, 5) is 12.5. The summed E-state index contributed by atoms with van der Waals surface area (Å²) >= 11 is 0. The quantitative estimate of drug-likeness (QED) is 0.0420. The van der Waals surface area contributed by atoms with Gasteiger partial charge in [-0.2, -0.15) is 0 Å². The average molecular weight is 1110 g/mol. The molecule has 4 nitrogen and oxygen atoms in total. The molecule has 0 fully saturated rings. The van der Waals surface area contributed by atoms with E-state index in [9.17, 15) is 15.0 Å². The molecule has 0 spiro atoms. The molecule has 0 heterocycles. The van der Waals surface area contributed by atoms with Crippen LogP contribution in [0.3, 0.4) is 0 Å². The summed E-state index contributed by atoms with van der Waals surface area (Å²) in [5.74, 6) is -0.103. The molecular formula is C77H127NO3. The van der Waals surface area contributed by atoms with Gasteiger partial charge in [0, 0.05) is 6.42 Å². The number of amides is 1. The van der Waals surface area contributed by atoms with Crippen LogP contribution in [0.5, 0.6) is 0 Å². The van der Waals surface area contributed by atoms with E-state index in [0.717, 1.165) is 128 Å². The summed E-state index contributed by atoms with van der Waals surface area (Å²) in [5.41, 5.74) is 0. The number of unbranched alkanes of at least 4 members (excludes halogenated alkanes) is 27. The number of aliphatic hydroxyl groups is 2. The highest BCUT2D eigenvalue weighted by Gasteiger charge is 2.18. The SMILES string of the molecule is CC/C=C\C/C=C\C/C=C\C/C=C\C/C=C\C/C=C\C/C=C\C/C=C\C/C=C\C/C=C\C/C=C\C/C=C\CCCCCCC(=O)NC(CO)C(O)/C=C/CC/C=C/CCCCCCCCCCCCCCCCCCCCCCCC. The Hall–Kier alpha value is -4.25. The lowest BCUT2D eigenvalue weighted by atomic mass is 10.0. The van der Waals surface area contributed by atoms with Gasteiger partial charge in [0.15, 0.2) is 0 Å². The van der Waals surface area contributed by atoms with Crippen molar-refractivity contribution in [2.75, 3.05) is 6.61 Å². The van der Waals surface area contributed by atoms with Crippen LogP contribution in [0.2, 0.25) is 0 Å². The van der Waals surface area contributed by atoms with Crippen LogP contribution in [-0.4, -0.2) is 34.9 Å². The van der Waals surface area contributed by atoms with E-state index in [1.807, 2.05) is 6.08 Å². The Bertz CT molecular complexity index is 1740. The third kappa shape index (κ3) is 66.4. The minimum Gasteiger partial charge on any atom is -0.394 e. The Morgan fingerprint density at radius 2 is 0.556 bits per heavy atom. The Labute approximate surface area is 502 Å². The number of carbonyl (C=O) groups is 1. The van der Waals surface area contributed by atoms with Crippen molar-refractivity contribution in [1.82, 2.24) is 5.32 Å². The normalized spacial score (nSPS) is 13.9. The van der Waals surface area contributed by atoms with Crippen molar-refractivity contribution in [2.45, 2.75) is 302 Å². The Balaban J connectivity index is 3.68. The number of nitrogens with one attached hydrogen (secondary N) is 1. The summed E-state index contributed by atoms with van der Waals surface area (Å²) < 4.78 is 0. The molecule has 81 heavy (non-hydrogen) atoms. The van der Waals surface area contributed by atoms with Gasteiger partial charge in [0.05, 0.1) is 18.8 Å². The van der Waals surface area contributed by atoms with Crippen molar-refractivity contribution < 1.29 is 15.0 Å². The molecule has 458 valence electrons. The van der Waals surface area contributed by atoms with Crippen LogP contribution in [0.1, 0.15) is 290 Å². The van der Waals surface area contributed by atoms with E-state index in [1.54, 1.807) is 6.08 Å². The van der Waals surface area contributed by atoms with Gasteiger partial charge in [0.1, 0.15) is 0 Å². The maximum Gasteiger partial charge on any atom is 0.220 e. The van der Waals surface area contributed by atoms with E-state index < -0.39 is 12.1 Å². The van der Waals surface area contributed by atoms with Crippen molar-refractivity contribution in [3.8, 4) is 0 Å². The zero-order chi connectivity index (χ0) is 58.4. The van der Waals surface area contributed by atoms with E-state index in [-0.39, 0.29) is 12.5 Å². The third-order valence-corrected chi connectivity index (χ3v) is 14.4. The molecule has 0 aromatic rings. The van der Waals surface area contributed by atoms with Crippen molar-refractivity contribution in [2.24, 2.45) is 0 Å². The molecule has 3 N–H and O–H groups in total. The minimum absolute atomic E-state index is 0.103. The van der Waals surface area contributed by atoms with E-state index in [2.05, 4.69) is 177 Å². The van der Waals surface area contributed by atoms with Crippen LogP contribution in [0.25, 0.3) is 0 Å². The van der Waals surface area contributed by atoms with Gasteiger partial charge >= 0.3 is 0 Å². The van der Waals surface area contributed by atoms with Crippen LogP contribution in [0, 0.1) is 0 Å². The van der Waals surface area contributed by atoms with Crippen molar-refractivity contribution in [3.05, 3.63) is 170 Å². The molecule has 0 saturated heterocycles. The molecule has 4 heteroatoms. The van der Waals surface area contributed by atoms with Gasteiger partial charge in [-0.15, -0.1) is 0 Å². The summed E-state index contributed by atoms with van der Waals surface area (Å²) in [6, 6.07) is -0.668. The first-order valence-electron chi connectivity index (χ1n) is 33.8. The maximum atomic E-state index is 12.5. The van der Waals surface area contributed by atoms with Crippen molar-refractivity contribution in [1.29, 1.82) is 0 Å². The van der Waals surface area contributed by atoms with E-state index in [0.29, 0.717) is 6.42 Å². The molecule has 0 aromatic carbocycles. The molecule has 0 radical (unpaired) electrons. The number of hydrogen-bond donors (Lipinski definition) is 3. The lowest BCUT2D eigenvalue weighted by Crippen LogP contribution is -2.45. The van der Waals surface area contributed by atoms with E-state index in [4.69, 9.17) is 0 Å². The predicted octanol–water partition coefficient (Wildman–Crippen LogP) is 23.4. The second kappa shape index (κ2) is 70.0. The molecule has 1 amide bonds. The Morgan fingerprint density at radius 3 is 0.864 bits per heavy atom. The van der Waals surface area contributed by atoms with Gasteiger partial charge in [0.2, 0.25) is 5.91 Å². The summed E-state index contributed by atoms with van der Waals surface area (Å²) in [6.45, 7) is 4.18. The molecule has 0 bridgehead atoms. The highest BCUT2D eigenvalue weighted by Crippen LogP contribution is 2.16. The largest absolute Gasteiger partial charge is 0.394 e. The first-order valence-corrected chi connectivity index (χ1v) is 33.8. The minimum atomic E-state index is -0.888. The highest BCUT2D eigenvalue weighted by molar-refractivity contribution is 5.76. The van der Waals surface area contributed by atoms with Crippen LogP contribution in [-0.2, 0) is 4.79 Å². The van der Waals surface area contributed by atoms with Crippen molar-refractivity contribution >= 4 is 5.91 Å². The lowest BCUT2D eigenvalue weighted by molar-refractivity contribution is -0.123. The maximum absolute atomic E-state index is 12.5. The predicted molar refractivity (Wildman–Crippen MR) is 363 cm³/mol. The number of carbonyl (C=O) groups excluding carboxylic acids is 1. The second-order valence-corrected chi connectivity index (χ2v) is 22.1. The topological polar surface area (TPSA) is 69.6 Å². The molecule has 2 unspecified atom stereocenters. The fourth-order valence-electron chi connectivity index (χ4n) is 9.35. The average Bonchev–Trinajstić information content (AvgIpc) is 3.47. The van der Waals surface area contributed by atoms with Crippen LogP contribution >= 0.6 is 0 Å². The van der Waals surface area contributed by atoms with Gasteiger partial charge in [0.25, 0.3) is 0 Å². The van der Waals surface area contributed by atoms with Crippen LogP contribution in [0.4, 0.5) is 0 Å². The zero-order valence-corrected chi connectivity index (χ0v) is 52.7. The second-order valence-electron chi connectivity index (χ2n) is 22.1. The van der Waals surface area contributed by atoms with E-state index >= 15 is 0 Å². The van der Waals surface area contributed by atoms with Gasteiger partial charge in [-0.1, -0.05) is 332 Å². The summed E-state index contributed by atoms with van der Waals surface area (Å²) in [5, 5.41) is 23.2. The third-order valence-electron chi connectivity index (χ3n) is 14.4. The molecular weight excluding hydrogens is 987 g/mol. The number of hydrogen-bond acceptors (Lipinski definition) is 3. The van der Waals surface area contributed by atoms with E-state index in [1.165, 1.54) is 141 Å². The molecule has 2 atom stereocenters. The van der Waals surface area contributed by atoms with Gasteiger partial charge < -0.3 is 15.5 Å². The fourth-order valence-corrected chi connectivity index (χ4v) is 9.35. The monoisotopic (exact) mass is 1110 g/mol. The highest BCUT2D eigenvalue weighted by atomic mass is 16.3. The standard InChI is InChI=1S/C77H127NO3/c1-3-5-7-9-11-13-15-17-19-21-23-25-27-29-31-33-34-35-36-37-38-39-40-41-42-43-44-45-47-49-51-53-55-57-59-61-63-65-67-69-71-73-77(81)78-75(74-79)76(80)72-70-68-66-64-62-60-58-56-54-52-50-48-46-32-30-28-26-24-22-20-18-16-14-12-10-8-6-4-2/h5,7,11,13,17,19,23,25,29,31,34-35,37-38,40-41,43-44,47,49,53,55,59,61-62,64,70,72,75-76,79-80H,3-4,6,8-10,12,14-16,18,20-22,24,26-28,30,32-33,36,39,42,45-46,48,50-52,54,56-58,60,63,65-69,71,73-74H2,1-2H3,(H,78,81)/b7-5-,13-11-,19-17-,25-23-,31-29-,35-34-,38-37-,41-40-,44-43-,49-47-,55-53-,61-59-,64-62+,72-70+. The van der Waals surface area contributed by atoms with Gasteiger partial charge in [-0.3, -0.25) is 4.79 Å². The molecule has 0 aliphatic heterocycles. The summed E-state index contributed by atoms with van der Waals surface area (Å²) in [7, 11) is 0. The Kier molecular flexibility index (Phi) is 66.3. The molecule has 0 aliphatic carbocycles.